The van der Waals surface area contributed by atoms with E-state index in [-0.39, 0.29) is 0 Å². The number of nitrogens with one attached hydrogen (secondary N) is 2. The summed E-state index contributed by atoms with van der Waals surface area (Å²) in [6.45, 7) is 0. The molecule has 126 valence electrons. The molecule has 0 aliphatic rings. The van der Waals surface area contributed by atoms with E-state index >= 15 is 0 Å². The first-order valence-corrected chi connectivity index (χ1v) is 8.40. The van der Waals surface area contributed by atoms with Crippen LogP contribution in [0.15, 0.2) is 48.5 Å². The lowest BCUT2D eigenvalue weighted by molar-refractivity contribution is 0.0888. The summed E-state index contributed by atoms with van der Waals surface area (Å²) in [6.07, 6.45) is -0.973. The Morgan fingerprint density at radius 1 is 0.708 bits per heavy atom. The second-order valence-electron chi connectivity index (χ2n) is 4.77. The van der Waals surface area contributed by atoms with Gasteiger partial charge in [-0.3, -0.25) is 9.59 Å². The third-order valence-corrected chi connectivity index (χ3v) is 4.05. The van der Waals surface area contributed by atoms with Gasteiger partial charge in [0.25, 0.3) is 11.8 Å². The summed E-state index contributed by atoms with van der Waals surface area (Å²) in [5.74, 6) is -0.890. The summed E-state index contributed by atoms with van der Waals surface area (Å²) < 4.78 is 0. The standard InChI is InChI=1S/C16H12Cl4N2O2/c17-11-5-1-9(2-6-11)15(23)21-14(13(19)20)22-16(24)10-3-7-12(18)8-4-10/h1-8,13-14H,(H,21,23)(H,22,24). The Balaban J connectivity index is 2.06. The van der Waals surface area contributed by atoms with Crippen molar-refractivity contribution in [3.05, 3.63) is 69.7 Å². The maximum Gasteiger partial charge on any atom is 0.252 e. The minimum Gasteiger partial charge on any atom is -0.329 e. The molecule has 0 bridgehead atoms. The van der Waals surface area contributed by atoms with Crippen LogP contribution in [0.5, 0.6) is 0 Å². The van der Waals surface area contributed by atoms with Gasteiger partial charge in [-0.15, -0.1) is 23.2 Å². The summed E-state index contributed by atoms with van der Waals surface area (Å²) in [7, 11) is 0. The van der Waals surface area contributed by atoms with Crippen LogP contribution < -0.4 is 10.6 Å². The molecule has 0 aromatic heterocycles. The third kappa shape index (κ3) is 5.28. The van der Waals surface area contributed by atoms with Crippen molar-refractivity contribution in [2.75, 3.05) is 0 Å². The maximum atomic E-state index is 12.2. The van der Waals surface area contributed by atoms with E-state index in [1.165, 1.54) is 0 Å². The normalized spacial score (nSPS) is 10.8. The molecule has 2 aromatic carbocycles. The summed E-state index contributed by atoms with van der Waals surface area (Å²) in [5, 5.41) is 6.13. The number of hydrogen-bond acceptors (Lipinski definition) is 2. The van der Waals surface area contributed by atoms with Crippen LogP contribution in [0.2, 0.25) is 10.0 Å². The lowest BCUT2D eigenvalue weighted by atomic mass is 10.2. The van der Waals surface area contributed by atoms with E-state index < -0.39 is 22.8 Å². The molecular formula is C16H12Cl4N2O2. The highest BCUT2D eigenvalue weighted by Crippen LogP contribution is 2.13. The molecule has 0 saturated carbocycles. The number of rotatable bonds is 5. The van der Waals surface area contributed by atoms with Gasteiger partial charge in [-0.1, -0.05) is 23.2 Å². The van der Waals surface area contributed by atoms with E-state index in [4.69, 9.17) is 46.4 Å². The highest BCUT2D eigenvalue weighted by Gasteiger charge is 2.22. The molecule has 0 atom stereocenters. The van der Waals surface area contributed by atoms with Gasteiger partial charge in [0, 0.05) is 21.2 Å². The smallest absolute Gasteiger partial charge is 0.252 e. The van der Waals surface area contributed by atoms with E-state index in [0.717, 1.165) is 0 Å². The Labute approximate surface area is 159 Å². The topological polar surface area (TPSA) is 58.2 Å². The average Bonchev–Trinajstić information content (AvgIpc) is 2.55. The fraction of sp³-hybridized carbons (Fsp3) is 0.125. The average molecular weight is 406 g/mol. The number of hydrogen-bond donors (Lipinski definition) is 2. The van der Waals surface area contributed by atoms with Gasteiger partial charge in [0.05, 0.1) is 0 Å². The predicted octanol–water partition coefficient (Wildman–Crippen LogP) is 4.28. The second kappa shape index (κ2) is 8.58. The van der Waals surface area contributed by atoms with Crippen molar-refractivity contribution in [1.29, 1.82) is 0 Å². The SMILES string of the molecule is O=C(NC(NC(=O)c1ccc(Cl)cc1)C(Cl)Cl)c1ccc(Cl)cc1. The fourth-order valence-corrected chi connectivity index (χ4v) is 2.32. The largest absolute Gasteiger partial charge is 0.329 e. The van der Waals surface area contributed by atoms with Crippen LogP contribution in [0.25, 0.3) is 0 Å². The molecule has 8 heteroatoms. The Kier molecular flexibility index (Phi) is 6.75. The van der Waals surface area contributed by atoms with E-state index in [9.17, 15) is 9.59 Å². The summed E-state index contributed by atoms with van der Waals surface area (Å²) >= 11 is 23.3. The van der Waals surface area contributed by atoms with Crippen LogP contribution in [-0.4, -0.2) is 22.8 Å². The van der Waals surface area contributed by atoms with Crippen LogP contribution >= 0.6 is 46.4 Å². The molecule has 4 nitrogen and oxygen atoms in total. The van der Waals surface area contributed by atoms with Crippen molar-refractivity contribution in [2.45, 2.75) is 11.0 Å². The lowest BCUT2D eigenvalue weighted by Gasteiger charge is -2.21. The van der Waals surface area contributed by atoms with Crippen molar-refractivity contribution >= 4 is 58.2 Å². The lowest BCUT2D eigenvalue weighted by Crippen LogP contribution is -2.51. The first kappa shape index (κ1) is 18.9. The summed E-state index contributed by atoms with van der Waals surface area (Å²) in [4.78, 5) is 23.3. The molecule has 0 spiro atoms. The van der Waals surface area contributed by atoms with Crippen LogP contribution in [0.4, 0.5) is 0 Å². The van der Waals surface area contributed by atoms with Crippen LogP contribution in [0, 0.1) is 0 Å². The summed E-state index contributed by atoms with van der Waals surface area (Å²) in [5.41, 5.74) is 0.721. The highest BCUT2D eigenvalue weighted by atomic mass is 35.5. The van der Waals surface area contributed by atoms with Gasteiger partial charge in [0.1, 0.15) is 11.0 Å². The molecule has 2 amide bonds. The molecule has 24 heavy (non-hydrogen) atoms. The quantitative estimate of drug-likeness (QED) is 0.576. The monoisotopic (exact) mass is 404 g/mol. The minimum atomic E-state index is -1.04. The molecule has 0 aliphatic heterocycles. The zero-order valence-corrected chi connectivity index (χ0v) is 15.1. The van der Waals surface area contributed by atoms with Crippen LogP contribution in [-0.2, 0) is 0 Å². The molecule has 0 aliphatic carbocycles. The van der Waals surface area contributed by atoms with Crippen molar-refractivity contribution < 1.29 is 9.59 Å². The second-order valence-corrected chi connectivity index (χ2v) is 6.81. The Hall–Kier alpha value is -1.46. The first-order valence-electron chi connectivity index (χ1n) is 6.78. The van der Waals surface area contributed by atoms with Crippen molar-refractivity contribution in [3.8, 4) is 0 Å². The third-order valence-electron chi connectivity index (χ3n) is 3.04. The molecular weight excluding hydrogens is 394 g/mol. The number of carbonyl (C=O) groups excluding carboxylic acids is 2. The van der Waals surface area contributed by atoms with Gasteiger partial charge >= 0.3 is 0 Å². The molecule has 0 saturated heterocycles. The minimum absolute atomic E-state index is 0.360. The number of benzene rings is 2. The fourth-order valence-electron chi connectivity index (χ4n) is 1.81. The Morgan fingerprint density at radius 2 is 1.04 bits per heavy atom. The number of halogens is 4. The van der Waals surface area contributed by atoms with Crippen LogP contribution in [0.1, 0.15) is 20.7 Å². The van der Waals surface area contributed by atoms with Gasteiger partial charge in [0.15, 0.2) is 0 Å². The van der Waals surface area contributed by atoms with E-state index in [1.54, 1.807) is 48.5 Å². The van der Waals surface area contributed by atoms with Crippen molar-refractivity contribution in [2.24, 2.45) is 0 Å². The Morgan fingerprint density at radius 3 is 1.33 bits per heavy atom. The highest BCUT2D eigenvalue weighted by molar-refractivity contribution is 6.45. The van der Waals surface area contributed by atoms with Crippen molar-refractivity contribution in [1.82, 2.24) is 10.6 Å². The number of carbonyl (C=O) groups is 2. The molecule has 0 unspecified atom stereocenters. The van der Waals surface area contributed by atoms with Gasteiger partial charge in [-0.25, -0.2) is 0 Å². The molecule has 2 rings (SSSR count). The molecule has 0 radical (unpaired) electrons. The van der Waals surface area contributed by atoms with E-state index in [1.807, 2.05) is 0 Å². The number of amides is 2. The zero-order valence-electron chi connectivity index (χ0n) is 12.1. The summed E-state index contributed by atoms with van der Waals surface area (Å²) in [6, 6.07) is 12.5. The molecule has 0 fully saturated rings. The maximum absolute atomic E-state index is 12.2. The molecule has 2 aromatic rings. The first-order chi connectivity index (χ1) is 11.4. The van der Waals surface area contributed by atoms with Gasteiger partial charge < -0.3 is 10.6 Å². The van der Waals surface area contributed by atoms with Gasteiger partial charge in [0.2, 0.25) is 0 Å². The van der Waals surface area contributed by atoms with E-state index in [2.05, 4.69) is 10.6 Å². The number of alkyl halides is 2. The zero-order chi connectivity index (χ0) is 17.7. The predicted molar refractivity (Wildman–Crippen MR) is 97.1 cm³/mol. The van der Waals surface area contributed by atoms with Gasteiger partial charge in [-0.2, -0.15) is 0 Å². The van der Waals surface area contributed by atoms with Crippen LogP contribution in [0.3, 0.4) is 0 Å². The van der Waals surface area contributed by atoms with Crippen molar-refractivity contribution in [3.63, 3.8) is 0 Å². The molecule has 0 heterocycles. The Bertz CT molecular complexity index is 658. The van der Waals surface area contributed by atoms with E-state index in [0.29, 0.717) is 21.2 Å². The van der Waals surface area contributed by atoms with Gasteiger partial charge in [-0.05, 0) is 48.5 Å². The molecule has 2 N–H and O–H groups in total.